The van der Waals surface area contributed by atoms with Gasteiger partial charge in [0.05, 0.1) is 0 Å². The molecule has 33 heavy (non-hydrogen) atoms. The highest BCUT2D eigenvalue weighted by Gasteiger charge is 2.20. The zero-order valence-corrected chi connectivity index (χ0v) is 20.1. The third-order valence-electron chi connectivity index (χ3n) is 6.63. The maximum absolute atomic E-state index is 12.4. The van der Waals surface area contributed by atoms with Crippen LogP contribution < -0.4 is 10.2 Å². The first kappa shape index (κ1) is 23.1. The van der Waals surface area contributed by atoms with Gasteiger partial charge in [-0.05, 0) is 79.7 Å². The van der Waals surface area contributed by atoms with Crippen molar-refractivity contribution in [3.8, 4) is 0 Å². The van der Waals surface area contributed by atoms with Gasteiger partial charge in [0.2, 0.25) is 0 Å². The van der Waals surface area contributed by atoms with Gasteiger partial charge in [-0.3, -0.25) is 9.69 Å². The lowest BCUT2D eigenvalue weighted by Gasteiger charge is -2.32. The lowest BCUT2D eigenvalue weighted by Crippen LogP contribution is -2.32. The molecular formula is C29H35N3O. The van der Waals surface area contributed by atoms with E-state index in [0.717, 1.165) is 30.8 Å². The number of amides is 1. The first-order valence-corrected chi connectivity index (χ1v) is 11.9. The Balaban J connectivity index is 1.24. The summed E-state index contributed by atoms with van der Waals surface area (Å²) < 4.78 is 0. The first-order valence-electron chi connectivity index (χ1n) is 11.9. The molecule has 1 aliphatic rings. The van der Waals surface area contributed by atoms with Gasteiger partial charge in [0.1, 0.15) is 0 Å². The molecule has 4 nitrogen and oxygen atoms in total. The van der Waals surface area contributed by atoms with Crippen LogP contribution in [0.15, 0.2) is 72.8 Å². The second kappa shape index (κ2) is 10.7. The molecule has 0 atom stereocenters. The molecule has 0 unspecified atom stereocenters. The fourth-order valence-corrected chi connectivity index (χ4v) is 4.56. The van der Waals surface area contributed by atoms with Gasteiger partial charge in [-0.25, -0.2) is 0 Å². The number of carbonyl (C=O) groups is 1. The van der Waals surface area contributed by atoms with E-state index < -0.39 is 0 Å². The van der Waals surface area contributed by atoms with Gasteiger partial charge in [-0.2, -0.15) is 0 Å². The maximum atomic E-state index is 12.4. The molecule has 0 aliphatic carbocycles. The van der Waals surface area contributed by atoms with Crippen LogP contribution in [0.1, 0.15) is 51.4 Å². The average molecular weight is 442 g/mol. The van der Waals surface area contributed by atoms with Crippen LogP contribution in [-0.2, 0) is 13.1 Å². The van der Waals surface area contributed by atoms with Gasteiger partial charge >= 0.3 is 0 Å². The number of aryl methyl sites for hydroxylation is 1. The molecule has 1 saturated heterocycles. The number of carbonyl (C=O) groups excluding carboxylic acids is 1. The van der Waals surface area contributed by atoms with Crippen LogP contribution in [-0.4, -0.2) is 38.0 Å². The number of likely N-dealkylation sites (tertiary alicyclic amines) is 1. The highest BCUT2D eigenvalue weighted by Crippen LogP contribution is 2.29. The van der Waals surface area contributed by atoms with Gasteiger partial charge in [0.15, 0.2) is 0 Å². The number of nitrogens with zero attached hydrogens (tertiary/aromatic N) is 2. The molecule has 0 saturated carbocycles. The van der Waals surface area contributed by atoms with Crippen molar-refractivity contribution < 1.29 is 4.79 Å². The van der Waals surface area contributed by atoms with E-state index in [9.17, 15) is 4.79 Å². The zero-order chi connectivity index (χ0) is 23.2. The molecule has 3 aromatic carbocycles. The van der Waals surface area contributed by atoms with Crippen molar-refractivity contribution in [3.63, 3.8) is 0 Å². The van der Waals surface area contributed by atoms with Crippen molar-refractivity contribution in [2.75, 3.05) is 32.1 Å². The van der Waals surface area contributed by atoms with E-state index in [-0.39, 0.29) is 5.91 Å². The maximum Gasteiger partial charge on any atom is 0.251 e. The summed E-state index contributed by atoms with van der Waals surface area (Å²) in [5.74, 6) is 0.597. The molecule has 0 aromatic heterocycles. The van der Waals surface area contributed by atoms with Crippen molar-refractivity contribution in [3.05, 3.63) is 101 Å². The minimum Gasteiger partial charge on any atom is -0.378 e. The number of piperidine rings is 1. The van der Waals surface area contributed by atoms with E-state index >= 15 is 0 Å². The normalized spacial score (nSPS) is 14.8. The summed E-state index contributed by atoms with van der Waals surface area (Å²) in [6.45, 7) is 5.85. The zero-order valence-electron chi connectivity index (χ0n) is 20.1. The molecule has 0 spiro atoms. The lowest BCUT2D eigenvalue weighted by atomic mass is 9.89. The Hall–Kier alpha value is -3.11. The molecular weight excluding hydrogens is 406 g/mol. The average Bonchev–Trinajstić information content (AvgIpc) is 2.84. The highest BCUT2D eigenvalue weighted by molar-refractivity contribution is 5.94. The molecule has 3 aromatic rings. The van der Waals surface area contributed by atoms with E-state index in [1.54, 1.807) is 0 Å². The number of hydrogen-bond donors (Lipinski definition) is 1. The van der Waals surface area contributed by atoms with Crippen molar-refractivity contribution in [2.45, 2.75) is 38.8 Å². The van der Waals surface area contributed by atoms with E-state index in [1.807, 2.05) is 31.2 Å². The van der Waals surface area contributed by atoms with E-state index in [4.69, 9.17) is 0 Å². The Morgan fingerprint density at radius 2 is 1.61 bits per heavy atom. The number of anilines is 1. The third kappa shape index (κ3) is 6.23. The fraction of sp³-hybridized carbons (Fsp3) is 0.345. The minimum absolute atomic E-state index is 0.0218. The van der Waals surface area contributed by atoms with Crippen LogP contribution in [0.25, 0.3) is 0 Å². The Morgan fingerprint density at radius 1 is 0.939 bits per heavy atom. The SMILES string of the molecule is Cc1cccc(C(=O)NCc2ccc(C3CCN(Cc4ccc(N(C)C)cc4)CC3)cc2)c1. The van der Waals surface area contributed by atoms with E-state index in [0.29, 0.717) is 18.0 Å². The third-order valence-corrected chi connectivity index (χ3v) is 6.63. The summed E-state index contributed by atoms with van der Waals surface area (Å²) in [6, 6.07) is 25.4. The molecule has 0 bridgehead atoms. The van der Waals surface area contributed by atoms with Gasteiger partial charge in [0, 0.05) is 38.4 Å². The Kier molecular flexibility index (Phi) is 7.46. The second-order valence-corrected chi connectivity index (χ2v) is 9.41. The monoisotopic (exact) mass is 441 g/mol. The first-order chi connectivity index (χ1) is 16.0. The summed E-state index contributed by atoms with van der Waals surface area (Å²) >= 11 is 0. The topological polar surface area (TPSA) is 35.6 Å². The number of nitrogens with one attached hydrogen (secondary N) is 1. The summed E-state index contributed by atoms with van der Waals surface area (Å²) in [5.41, 5.74) is 7.00. The number of hydrogen-bond acceptors (Lipinski definition) is 3. The van der Waals surface area contributed by atoms with Gasteiger partial charge in [-0.15, -0.1) is 0 Å². The second-order valence-electron chi connectivity index (χ2n) is 9.41. The van der Waals surface area contributed by atoms with Crippen LogP contribution in [0.3, 0.4) is 0 Å². The molecule has 1 heterocycles. The van der Waals surface area contributed by atoms with Crippen LogP contribution in [0.2, 0.25) is 0 Å². The predicted molar refractivity (Wildman–Crippen MR) is 137 cm³/mol. The van der Waals surface area contributed by atoms with Gasteiger partial charge in [-0.1, -0.05) is 54.1 Å². The van der Waals surface area contributed by atoms with E-state index in [2.05, 4.69) is 77.7 Å². The predicted octanol–water partition coefficient (Wildman–Crippen LogP) is 5.37. The molecule has 4 rings (SSSR count). The molecule has 1 aliphatic heterocycles. The molecule has 1 fully saturated rings. The molecule has 172 valence electrons. The quantitative estimate of drug-likeness (QED) is 0.535. The van der Waals surface area contributed by atoms with Crippen molar-refractivity contribution in [1.82, 2.24) is 10.2 Å². The standard InChI is InChI=1S/C29H35N3O/c1-22-5-4-6-27(19-22)29(33)30-20-23-7-11-25(12-8-23)26-15-17-32(18-16-26)21-24-9-13-28(14-10-24)31(2)3/h4-14,19,26H,15-18,20-21H2,1-3H3,(H,30,33). The van der Waals surface area contributed by atoms with Crippen molar-refractivity contribution in [2.24, 2.45) is 0 Å². The summed E-state index contributed by atoms with van der Waals surface area (Å²) in [5, 5.41) is 3.03. The molecule has 1 N–H and O–H groups in total. The van der Waals surface area contributed by atoms with Gasteiger partial charge in [0.25, 0.3) is 5.91 Å². The van der Waals surface area contributed by atoms with Crippen LogP contribution >= 0.6 is 0 Å². The smallest absolute Gasteiger partial charge is 0.251 e. The van der Waals surface area contributed by atoms with Crippen molar-refractivity contribution >= 4 is 11.6 Å². The largest absolute Gasteiger partial charge is 0.378 e. The Labute approximate surface area is 198 Å². The number of rotatable bonds is 7. The Morgan fingerprint density at radius 3 is 2.24 bits per heavy atom. The summed E-state index contributed by atoms with van der Waals surface area (Å²) in [6.07, 6.45) is 2.39. The molecule has 4 heteroatoms. The highest BCUT2D eigenvalue weighted by atomic mass is 16.1. The minimum atomic E-state index is -0.0218. The fourth-order valence-electron chi connectivity index (χ4n) is 4.56. The van der Waals surface area contributed by atoms with Crippen LogP contribution in [0.5, 0.6) is 0 Å². The summed E-state index contributed by atoms with van der Waals surface area (Å²) in [4.78, 5) is 17.1. The summed E-state index contributed by atoms with van der Waals surface area (Å²) in [7, 11) is 4.15. The van der Waals surface area contributed by atoms with Crippen LogP contribution in [0.4, 0.5) is 5.69 Å². The lowest BCUT2D eigenvalue weighted by molar-refractivity contribution is 0.0951. The van der Waals surface area contributed by atoms with Crippen LogP contribution in [0, 0.1) is 6.92 Å². The van der Waals surface area contributed by atoms with E-state index in [1.165, 1.54) is 29.7 Å². The van der Waals surface area contributed by atoms with Crippen molar-refractivity contribution in [1.29, 1.82) is 0 Å². The Bertz CT molecular complexity index is 1050. The van der Waals surface area contributed by atoms with Gasteiger partial charge < -0.3 is 10.2 Å². The number of benzene rings is 3. The molecule has 0 radical (unpaired) electrons. The molecule has 1 amide bonds.